The van der Waals surface area contributed by atoms with Crippen LogP contribution in [0, 0.1) is 0 Å². The smallest absolute Gasteiger partial charge is 0.0594 e. The Morgan fingerprint density at radius 3 is 2.06 bits per heavy atom. The van der Waals surface area contributed by atoms with Crippen LogP contribution >= 0.6 is 0 Å². The summed E-state index contributed by atoms with van der Waals surface area (Å²) in [6.07, 6.45) is 3.57. The van der Waals surface area contributed by atoms with E-state index >= 15 is 0 Å². The van der Waals surface area contributed by atoms with Gasteiger partial charge in [-0.2, -0.15) is 0 Å². The van der Waals surface area contributed by atoms with Crippen molar-refractivity contribution in [2.45, 2.75) is 0 Å². The third-order valence-electron chi connectivity index (χ3n) is 2.41. The molecule has 0 N–H and O–H groups in total. The normalized spacial score (nSPS) is 16.2. The molecule has 4 nitrogen and oxygen atoms in total. The molecule has 1 aromatic rings. The van der Waals surface area contributed by atoms with Gasteiger partial charge >= 0.3 is 0 Å². The van der Waals surface area contributed by atoms with Crippen LogP contribution in [0.3, 0.4) is 0 Å². The number of ether oxygens (including phenoxy) is 1. The summed E-state index contributed by atoms with van der Waals surface area (Å²) in [5, 5.41) is 0. The van der Waals surface area contributed by atoms with Crippen LogP contribution in [0.4, 0.5) is 5.69 Å². The van der Waals surface area contributed by atoms with Gasteiger partial charge < -0.3 is 14.5 Å². The molecule has 1 aliphatic heterocycles. The van der Waals surface area contributed by atoms with E-state index in [1.807, 2.05) is 31.1 Å². The van der Waals surface area contributed by atoms with Crippen molar-refractivity contribution in [2.75, 3.05) is 52.3 Å². The Hall–Kier alpha value is -1.13. The van der Waals surface area contributed by atoms with Crippen LogP contribution in [-0.2, 0) is 4.74 Å². The van der Waals surface area contributed by atoms with Crippen LogP contribution in [0.1, 0.15) is 0 Å². The molecule has 0 saturated carbocycles. The van der Waals surface area contributed by atoms with Gasteiger partial charge in [-0.3, -0.25) is 4.98 Å². The van der Waals surface area contributed by atoms with Crippen LogP contribution < -0.4 is 4.90 Å². The van der Waals surface area contributed by atoms with Gasteiger partial charge in [0.25, 0.3) is 0 Å². The largest absolute Gasteiger partial charge is 0.379 e. The number of pyridine rings is 1. The molecule has 1 aromatic heterocycles. The highest BCUT2D eigenvalue weighted by Crippen LogP contribution is 2.05. The molecule has 0 amide bonds. The highest BCUT2D eigenvalue weighted by Gasteiger charge is 2.02. The monoisotopic (exact) mass is 223 g/mol. The molecule has 0 aliphatic carbocycles. The lowest BCUT2D eigenvalue weighted by molar-refractivity contribution is 0.0503. The van der Waals surface area contributed by atoms with Gasteiger partial charge in [0.2, 0.25) is 0 Å². The van der Waals surface area contributed by atoms with Crippen molar-refractivity contribution in [3.8, 4) is 0 Å². The summed E-state index contributed by atoms with van der Waals surface area (Å²) in [7, 11) is 6.13. The summed E-state index contributed by atoms with van der Waals surface area (Å²) < 4.78 is 5.10. The predicted octanol–water partition coefficient (Wildman–Crippen LogP) is 1.10. The van der Waals surface area contributed by atoms with Gasteiger partial charge in [0, 0.05) is 45.3 Å². The molecule has 1 aliphatic rings. The van der Waals surface area contributed by atoms with Crippen LogP contribution in [0.15, 0.2) is 24.5 Å². The second-order valence-corrected chi connectivity index (χ2v) is 4.02. The maximum Gasteiger partial charge on any atom is 0.0594 e. The van der Waals surface area contributed by atoms with Gasteiger partial charge in [-0.25, -0.2) is 0 Å². The van der Waals surface area contributed by atoms with Crippen molar-refractivity contribution in [2.24, 2.45) is 0 Å². The van der Waals surface area contributed by atoms with Crippen molar-refractivity contribution in [1.82, 2.24) is 9.88 Å². The van der Waals surface area contributed by atoms with Crippen molar-refractivity contribution < 1.29 is 4.74 Å². The first-order valence-corrected chi connectivity index (χ1v) is 5.54. The zero-order chi connectivity index (χ0) is 11.8. The molecule has 0 bridgehead atoms. The molecule has 16 heavy (non-hydrogen) atoms. The SMILES string of the molecule is CN(C)c1ccncc1.CN1CCOCC1. The Labute approximate surface area is 97.8 Å². The summed E-state index contributed by atoms with van der Waals surface area (Å²) in [6.45, 7) is 4.02. The molecule has 0 aromatic carbocycles. The van der Waals surface area contributed by atoms with E-state index in [1.54, 1.807) is 12.4 Å². The Kier molecular flexibility index (Phi) is 5.82. The van der Waals surface area contributed by atoms with Crippen molar-refractivity contribution in [1.29, 1.82) is 0 Å². The number of aromatic nitrogens is 1. The summed E-state index contributed by atoms with van der Waals surface area (Å²) >= 11 is 0. The van der Waals surface area contributed by atoms with Crippen LogP contribution in [0.2, 0.25) is 0 Å². The summed E-state index contributed by atoms with van der Waals surface area (Å²) in [6, 6.07) is 3.94. The Morgan fingerprint density at radius 2 is 1.75 bits per heavy atom. The average Bonchev–Trinajstić information content (AvgIpc) is 2.32. The molecular weight excluding hydrogens is 202 g/mol. The molecule has 0 atom stereocenters. The minimum Gasteiger partial charge on any atom is -0.379 e. The number of morpholine rings is 1. The van der Waals surface area contributed by atoms with Crippen LogP contribution in [-0.4, -0.2) is 57.3 Å². The number of anilines is 1. The summed E-state index contributed by atoms with van der Waals surface area (Å²) in [5.41, 5.74) is 1.19. The number of likely N-dealkylation sites (N-methyl/N-ethyl adjacent to an activating group) is 1. The second-order valence-electron chi connectivity index (χ2n) is 4.02. The molecule has 0 unspecified atom stereocenters. The van der Waals surface area contributed by atoms with E-state index in [9.17, 15) is 0 Å². The quantitative estimate of drug-likeness (QED) is 0.713. The van der Waals surface area contributed by atoms with Gasteiger partial charge in [0.15, 0.2) is 0 Å². The van der Waals surface area contributed by atoms with Crippen molar-refractivity contribution >= 4 is 5.69 Å². The summed E-state index contributed by atoms with van der Waals surface area (Å²) in [4.78, 5) is 8.21. The van der Waals surface area contributed by atoms with E-state index in [4.69, 9.17) is 4.74 Å². The number of rotatable bonds is 1. The van der Waals surface area contributed by atoms with Gasteiger partial charge in [0.1, 0.15) is 0 Å². The lowest BCUT2D eigenvalue weighted by Crippen LogP contribution is -2.32. The highest BCUT2D eigenvalue weighted by molar-refractivity contribution is 5.42. The van der Waals surface area contributed by atoms with Gasteiger partial charge in [-0.05, 0) is 19.2 Å². The standard InChI is InChI=1S/C7H10N2.C5H11NO/c1-9(2)7-3-5-8-6-4-7;1-6-2-4-7-5-3-6/h3-6H,1-2H3;2-5H2,1H3. The van der Waals surface area contributed by atoms with E-state index in [-0.39, 0.29) is 0 Å². The second kappa shape index (κ2) is 7.19. The van der Waals surface area contributed by atoms with Gasteiger partial charge in [0.05, 0.1) is 13.2 Å². The predicted molar refractivity (Wildman–Crippen MR) is 66.9 cm³/mol. The zero-order valence-corrected chi connectivity index (χ0v) is 10.4. The fourth-order valence-electron chi connectivity index (χ4n) is 1.30. The van der Waals surface area contributed by atoms with Gasteiger partial charge in [-0.15, -0.1) is 0 Å². The van der Waals surface area contributed by atoms with Crippen LogP contribution in [0.25, 0.3) is 0 Å². The zero-order valence-electron chi connectivity index (χ0n) is 10.4. The van der Waals surface area contributed by atoms with Crippen molar-refractivity contribution in [3.05, 3.63) is 24.5 Å². The number of hydrogen-bond acceptors (Lipinski definition) is 4. The molecule has 1 fully saturated rings. The van der Waals surface area contributed by atoms with Crippen LogP contribution in [0.5, 0.6) is 0 Å². The van der Waals surface area contributed by atoms with E-state index in [0.717, 1.165) is 26.3 Å². The minimum absolute atomic E-state index is 0.913. The third kappa shape index (κ3) is 5.09. The van der Waals surface area contributed by atoms with E-state index < -0.39 is 0 Å². The first-order chi connectivity index (χ1) is 7.70. The fourth-order valence-corrected chi connectivity index (χ4v) is 1.30. The first kappa shape index (κ1) is 12.9. The molecule has 2 rings (SSSR count). The number of nitrogens with zero attached hydrogens (tertiary/aromatic N) is 3. The maximum atomic E-state index is 5.10. The van der Waals surface area contributed by atoms with E-state index in [2.05, 4.69) is 16.9 Å². The molecule has 0 spiro atoms. The molecule has 2 heterocycles. The number of hydrogen-bond donors (Lipinski definition) is 0. The molecular formula is C12H21N3O. The molecule has 4 heteroatoms. The van der Waals surface area contributed by atoms with E-state index in [1.165, 1.54) is 5.69 Å². The van der Waals surface area contributed by atoms with Crippen molar-refractivity contribution in [3.63, 3.8) is 0 Å². The molecule has 0 radical (unpaired) electrons. The lowest BCUT2D eigenvalue weighted by Gasteiger charge is -2.21. The first-order valence-electron chi connectivity index (χ1n) is 5.54. The summed E-state index contributed by atoms with van der Waals surface area (Å²) in [5.74, 6) is 0. The maximum absolute atomic E-state index is 5.10. The Morgan fingerprint density at radius 1 is 1.19 bits per heavy atom. The third-order valence-corrected chi connectivity index (χ3v) is 2.41. The Bertz CT molecular complexity index is 271. The topological polar surface area (TPSA) is 28.6 Å². The molecule has 1 saturated heterocycles. The van der Waals surface area contributed by atoms with Gasteiger partial charge in [-0.1, -0.05) is 0 Å². The minimum atomic E-state index is 0.913. The molecule has 90 valence electrons. The van der Waals surface area contributed by atoms with E-state index in [0.29, 0.717) is 0 Å². The fraction of sp³-hybridized carbons (Fsp3) is 0.583. The average molecular weight is 223 g/mol. The Balaban J connectivity index is 0.000000165. The highest BCUT2D eigenvalue weighted by atomic mass is 16.5. The lowest BCUT2D eigenvalue weighted by atomic mass is 10.4.